The average Bonchev–Trinajstić information content (AvgIpc) is 2.85. The molecule has 0 aliphatic rings. The van der Waals surface area contributed by atoms with E-state index < -0.39 is 0 Å². The number of aryl methyl sites for hydroxylation is 2. The van der Waals surface area contributed by atoms with Gasteiger partial charge in [-0.25, -0.2) is 4.68 Å². The molecule has 1 aromatic carbocycles. The second kappa shape index (κ2) is 7.18. The predicted molar refractivity (Wildman–Crippen MR) is 97.4 cm³/mol. The van der Waals surface area contributed by atoms with E-state index in [1.54, 1.807) is 0 Å². The number of aromatic nitrogens is 2. The van der Waals surface area contributed by atoms with Gasteiger partial charge >= 0.3 is 0 Å². The summed E-state index contributed by atoms with van der Waals surface area (Å²) in [7, 11) is 0. The zero-order valence-electron chi connectivity index (χ0n) is 15.3. The second-order valence-electron chi connectivity index (χ2n) is 7.20. The van der Waals surface area contributed by atoms with E-state index in [-0.39, 0.29) is 11.4 Å². The minimum Gasteiger partial charge on any atom is -0.346 e. The highest BCUT2D eigenvalue weighted by Gasteiger charge is 2.26. The van der Waals surface area contributed by atoms with E-state index in [9.17, 15) is 4.79 Å². The van der Waals surface area contributed by atoms with Crippen molar-refractivity contribution >= 4 is 5.91 Å². The Morgan fingerprint density at radius 3 is 2.38 bits per heavy atom. The van der Waals surface area contributed by atoms with Crippen molar-refractivity contribution in [3.63, 3.8) is 0 Å². The third kappa shape index (κ3) is 4.23. The van der Waals surface area contributed by atoms with Crippen LogP contribution in [0.5, 0.6) is 0 Å². The number of hydrogen-bond acceptors (Lipinski definition) is 3. The minimum atomic E-state index is -0.389. The van der Waals surface area contributed by atoms with Crippen LogP contribution in [-0.2, 0) is 0 Å². The fourth-order valence-corrected chi connectivity index (χ4v) is 3.08. The maximum Gasteiger partial charge on any atom is 0.251 e. The molecule has 0 spiro atoms. The van der Waals surface area contributed by atoms with Crippen molar-refractivity contribution in [2.45, 2.75) is 46.6 Å². The van der Waals surface area contributed by atoms with E-state index in [1.807, 2.05) is 55.8 Å². The Labute approximate surface area is 144 Å². The molecule has 5 heteroatoms. The first kappa shape index (κ1) is 18.2. The number of hydrogen-bond donors (Lipinski definition) is 2. The van der Waals surface area contributed by atoms with Gasteiger partial charge in [0, 0.05) is 23.3 Å². The van der Waals surface area contributed by atoms with Gasteiger partial charge in [0.2, 0.25) is 0 Å². The van der Waals surface area contributed by atoms with Crippen molar-refractivity contribution in [1.29, 1.82) is 0 Å². The number of carbonyl (C=O) groups is 1. The van der Waals surface area contributed by atoms with E-state index in [2.05, 4.69) is 24.3 Å². The van der Waals surface area contributed by atoms with Crippen molar-refractivity contribution in [2.75, 3.05) is 6.54 Å². The molecule has 0 radical (unpaired) electrons. The summed E-state index contributed by atoms with van der Waals surface area (Å²) in [4.78, 5) is 12.5. The van der Waals surface area contributed by atoms with Gasteiger partial charge in [-0.1, -0.05) is 13.8 Å². The van der Waals surface area contributed by atoms with Gasteiger partial charge in [0.25, 0.3) is 5.91 Å². The van der Waals surface area contributed by atoms with Gasteiger partial charge in [-0.15, -0.1) is 0 Å². The zero-order valence-corrected chi connectivity index (χ0v) is 15.3. The number of amides is 1. The first-order valence-electron chi connectivity index (χ1n) is 8.40. The van der Waals surface area contributed by atoms with E-state index in [0.29, 0.717) is 18.0 Å². The summed E-state index contributed by atoms with van der Waals surface area (Å²) in [6, 6.07) is 9.51. The standard InChI is InChI=1S/C19H28N4O/c1-13(2)11-19(5,12-20)21-18(24)16-6-8-17(9-7-16)23-15(4)10-14(3)22-23/h6-10,13H,11-12,20H2,1-5H3,(H,21,24). The van der Waals surface area contributed by atoms with Gasteiger partial charge in [0.15, 0.2) is 0 Å². The molecule has 1 amide bonds. The molecule has 0 bridgehead atoms. The molecule has 1 heterocycles. The van der Waals surface area contributed by atoms with Crippen LogP contribution >= 0.6 is 0 Å². The Bertz CT molecular complexity index is 703. The molecule has 0 saturated heterocycles. The van der Waals surface area contributed by atoms with Crippen LogP contribution in [0.3, 0.4) is 0 Å². The molecular weight excluding hydrogens is 300 g/mol. The highest BCUT2D eigenvalue weighted by molar-refractivity contribution is 5.94. The van der Waals surface area contributed by atoms with E-state index >= 15 is 0 Å². The first-order valence-corrected chi connectivity index (χ1v) is 8.40. The number of rotatable bonds is 6. The van der Waals surface area contributed by atoms with E-state index in [0.717, 1.165) is 23.5 Å². The molecule has 24 heavy (non-hydrogen) atoms. The van der Waals surface area contributed by atoms with Crippen LogP contribution in [0.2, 0.25) is 0 Å². The smallest absolute Gasteiger partial charge is 0.251 e. The molecule has 1 aromatic heterocycles. The van der Waals surface area contributed by atoms with Gasteiger partial charge in [0.1, 0.15) is 0 Å². The lowest BCUT2D eigenvalue weighted by Crippen LogP contribution is -2.52. The Morgan fingerprint density at radius 2 is 1.92 bits per heavy atom. The van der Waals surface area contributed by atoms with Crippen molar-refractivity contribution in [2.24, 2.45) is 11.7 Å². The predicted octanol–water partition coefficient (Wildman–Crippen LogP) is 2.98. The molecule has 0 fully saturated rings. The number of nitrogens with two attached hydrogens (primary N) is 1. The first-order chi connectivity index (χ1) is 11.2. The van der Waals surface area contributed by atoms with Crippen LogP contribution in [-0.4, -0.2) is 27.8 Å². The summed E-state index contributed by atoms with van der Waals surface area (Å²) in [5.74, 6) is 0.371. The number of benzene rings is 1. The minimum absolute atomic E-state index is 0.0940. The van der Waals surface area contributed by atoms with Crippen LogP contribution in [0, 0.1) is 19.8 Å². The van der Waals surface area contributed by atoms with Crippen LogP contribution in [0.15, 0.2) is 30.3 Å². The fraction of sp³-hybridized carbons (Fsp3) is 0.474. The summed E-state index contributed by atoms with van der Waals surface area (Å²) >= 11 is 0. The lowest BCUT2D eigenvalue weighted by Gasteiger charge is -2.31. The van der Waals surface area contributed by atoms with Crippen molar-refractivity contribution < 1.29 is 4.79 Å². The van der Waals surface area contributed by atoms with Gasteiger partial charge in [-0.05, 0) is 63.4 Å². The third-order valence-electron chi connectivity index (χ3n) is 4.11. The summed E-state index contributed by atoms with van der Waals surface area (Å²) in [6.07, 6.45) is 0.846. The maximum absolute atomic E-state index is 12.5. The van der Waals surface area contributed by atoms with Crippen molar-refractivity contribution in [3.8, 4) is 5.69 Å². The third-order valence-corrected chi connectivity index (χ3v) is 4.11. The molecule has 5 nitrogen and oxygen atoms in total. The topological polar surface area (TPSA) is 72.9 Å². The molecule has 0 aliphatic carbocycles. The Balaban J connectivity index is 2.15. The number of carbonyl (C=O) groups excluding carboxylic acids is 1. The summed E-state index contributed by atoms with van der Waals surface area (Å²) < 4.78 is 1.87. The molecule has 3 N–H and O–H groups in total. The summed E-state index contributed by atoms with van der Waals surface area (Å²) in [6.45, 7) is 10.6. The van der Waals surface area contributed by atoms with Crippen LogP contribution in [0.25, 0.3) is 5.69 Å². The van der Waals surface area contributed by atoms with Gasteiger partial charge in [-0.2, -0.15) is 5.10 Å². The zero-order chi connectivity index (χ0) is 17.9. The second-order valence-corrected chi connectivity index (χ2v) is 7.20. The SMILES string of the molecule is Cc1cc(C)n(-c2ccc(C(=O)NC(C)(CN)CC(C)C)cc2)n1. The lowest BCUT2D eigenvalue weighted by molar-refractivity contribution is 0.0898. The Morgan fingerprint density at radius 1 is 1.29 bits per heavy atom. The largest absolute Gasteiger partial charge is 0.346 e. The quantitative estimate of drug-likeness (QED) is 0.856. The Hall–Kier alpha value is -2.14. The fourth-order valence-electron chi connectivity index (χ4n) is 3.08. The molecule has 0 aliphatic heterocycles. The van der Waals surface area contributed by atoms with Gasteiger partial charge in [-0.3, -0.25) is 4.79 Å². The highest BCUT2D eigenvalue weighted by atomic mass is 16.1. The monoisotopic (exact) mass is 328 g/mol. The molecule has 2 rings (SSSR count). The molecular formula is C19H28N4O. The van der Waals surface area contributed by atoms with Crippen LogP contribution in [0.1, 0.15) is 48.9 Å². The van der Waals surface area contributed by atoms with Gasteiger partial charge in [0.05, 0.1) is 11.4 Å². The number of nitrogens with one attached hydrogen (secondary N) is 1. The molecule has 130 valence electrons. The normalized spacial score (nSPS) is 13.8. The average molecular weight is 328 g/mol. The maximum atomic E-state index is 12.5. The number of nitrogens with zero attached hydrogens (tertiary/aromatic N) is 2. The van der Waals surface area contributed by atoms with Crippen LogP contribution < -0.4 is 11.1 Å². The molecule has 1 atom stereocenters. The molecule has 0 saturated carbocycles. The summed E-state index contributed by atoms with van der Waals surface area (Å²) in [5, 5.41) is 7.54. The van der Waals surface area contributed by atoms with Gasteiger partial charge < -0.3 is 11.1 Å². The lowest BCUT2D eigenvalue weighted by atomic mass is 9.90. The van der Waals surface area contributed by atoms with E-state index in [1.165, 1.54) is 0 Å². The van der Waals surface area contributed by atoms with Crippen molar-refractivity contribution in [1.82, 2.24) is 15.1 Å². The Kier molecular flexibility index (Phi) is 5.44. The van der Waals surface area contributed by atoms with Crippen molar-refractivity contribution in [3.05, 3.63) is 47.3 Å². The molecule has 2 aromatic rings. The van der Waals surface area contributed by atoms with E-state index in [4.69, 9.17) is 5.73 Å². The molecule has 1 unspecified atom stereocenters. The van der Waals surface area contributed by atoms with Crippen LogP contribution in [0.4, 0.5) is 0 Å². The highest BCUT2D eigenvalue weighted by Crippen LogP contribution is 2.17. The summed E-state index contributed by atoms with van der Waals surface area (Å²) in [5.41, 5.74) is 9.10.